The first-order chi connectivity index (χ1) is 10.1. The van der Waals surface area contributed by atoms with Crippen molar-refractivity contribution in [1.29, 1.82) is 0 Å². The van der Waals surface area contributed by atoms with E-state index in [9.17, 15) is 13.2 Å². The lowest BCUT2D eigenvalue weighted by Gasteiger charge is -2.24. The highest BCUT2D eigenvalue weighted by molar-refractivity contribution is 6.48. The first-order valence-electron chi connectivity index (χ1n) is 6.42. The first kappa shape index (κ1) is 17.5. The van der Waals surface area contributed by atoms with Crippen LogP contribution in [-0.2, 0) is 6.18 Å². The molecule has 0 amide bonds. The van der Waals surface area contributed by atoms with E-state index in [1.807, 2.05) is 0 Å². The summed E-state index contributed by atoms with van der Waals surface area (Å²) in [5.41, 5.74) is -0.135. The molecule has 0 aromatic heterocycles. The van der Waals surface area contributed by atoms with E-state index in [2.05, 4.69) is 0 Å². The summed E-state index contributed by atoms with van der Waals surface area (Å²) in [5.74, 6) is -0.422. The van der Waals surface area contributed by atoms with Crippen LogP contribution in [0.2, 0.25) is 0 Å². The number of allylic oxidation sites excluding steroid dienone is 4. The van der Waals surface area contributed by atoms with Gasteiger partial charge in [-0.1, -0.05) is 46.9 Å². The smallest absolute Gasteiger partial charge is 0.377 e. The second-order valence-corrected chi connectivity index (χ2v) is 6.36. The Bertz CT molecular complexity index is 648. The predicted octanol–water partition coefficient (Wildman–Crippen LogP) is 6.07. The maximum Gasteiger partial charge on any atom is 0.418 e. The van der Waals surface area contributed by atoms with E-state index >= 15 is 0 Å². The molecular weight excluding hydrogens is 358 g/mol. The van der Waals surface area contributed by atoms with Crippen molar-refractivity contribution in [3.05, 3.63) is 50.5 Å². The lowest BCUT2D eigenvalue weighted by molar-refractivity contribution is -0.137. The van der Waals surface area contributed by atoms with Crippen molar-refractivity contribution in [1.82, 2.24) is 0 Å². The summed E-state index contributed by atoms with van der Waals surface area (Å²) in [4.78, 5) is 1.43. The van der Waals surface area contributed by atoms with E-state index in [1.165, 1.54) is 11.0 Å². The normalized spacial score (nSPS) is 19.3. The number of rotatable bonds is 2. The molecule has 0 spiro atoms. The fourth-order valence-corrected chi connectivity index (χ4v) is 3.12. The minimum absolute atomic E-state index is 0.104. The highest BCUT2D eigenvalue weighted by Gasteiger charge is 2.35. The van der Waals surface area contributed by atoms with E-state index < -0.39 is 17.7 Å². The van der Waals surface area contributed by atoms with Gasteiger partial charge in [-0.05, 0) is 24.1 Å². The maximum atomic E-state index is 13.3. The van der Waals surface area contributed by atoms with Gasteiger partial charge < -0.3 is 4.90 Å². The van der Waals surface area contributed by atoms with Gasteiger partial charge in [0.1, 0.15) is 0 Å². The van der Waals surface area contributed by atoms with Crippen molar-refractivity contribution in [3.63, 3.8) is 0 Å². The Labute approximate surface area is 141 Å². The van der Waals surface area contributed by atoms with Crippen LogP contribution < -0.4 is 4.90 Å². The molecule has 1 aromatic carbocycles. The van der Waals surface area contributed by atoms with E-state index in [-0.39, 0.29) is 15.8 Å². The van der Waals surface area contributed by atoms with Crippen LogP contribution in [0.15, 0.2) is 39.4 Å². The average Bonchev–Trinajstić information content (AvgIpc) is 2.43. The van der Waals surface area contributed by atoms with E-state index in [0.29, 0.717) is 17.0 Å². The predicted molar refractivity (Wildman–Crippen MR) is 85.8 cm³/mol. The highest BCUT2D eigenvalue weighted by atomic mass is 35.5. The molecule has 0 radical (unpaired) electrons. The van der Waals surface area contributed by atoms with Gasteiger partial charge in [-0.2, -0.15) is 13.2 Å². The Morgan fingerprint density at radius 2 is 1.77 bits per heavy atom. The number of benzene rings is 1. The van der Waals surface area contributed by atoms with Crippen molar-refractivity contribution >= 4 is 40.5 Å². The van der Waals surface area contributed by atoms with Crippen LogP contribution in [-0.4, -0.2) is 14.1 Å². The average molecular weight is 371 g/mol. The molecule has 0 fully saturated rings. The second kappa shape index (κ2) is 6.34. The first-order valence-corrected chi connectivity index (χ1v) is 7.56. The lowest BCUT2D eigenvalue weighted by Crippen LogP contribution is -2.17. The molecule has 1 nitrogen and oxygen atoms in total. The molecular formula is C15H13Cl3F3N. The Hall–Kier alpha value is -0.840. The molecule has 0 saturated carbocycles. The zero-order chi connectivity index (χ0) is 16.7. The SMILES string of the molecule is CN(C)c1ccc(C2CC=C(Cl)C(Cl)=C2Cl)cc1C(F)(F)F. The van der Waals surface area contributed by atoms with Crippen LogP contribution in [0.25, 0.3) is 0 Å². The Morgan fingerprint density at radius 3 is 2.32 bits per heavy atom. The van der Waals surface area contributed by atoms with Crippen molar-refractivity contribution in [2.24, 2.45) is 0 Å². The van der Waals surface area contributed by atoms with Crippen molar-refractivity contribution < 1.29 is 13.2 Å². The fraction of sp³-hybridized carbons (Fsp3) is 0.333. The van der Waals surface area contributed by atoms with Gasteiger partial charge in [0.2, 0.25) is 0 Å². The minimum atomic E-state index is -4.45. The van der Waals surface area contributed by atoms with Gasteiger partial charge in [0.25, 0.3) is 0 Å². The minimum Gasteiger partial charge on any atom is -0.377 e. The lowest BCUT2D eigenvalue weighted by atomic mass is 9.90. The van der Waals surface area contributed by atoms with Crippen LogP contribution in [0.3, 0.4) is 0 Å². The zero-order valence-corrected chi connectivity index (χ0v) is 14.1. The molecule has 0 bridgehead atoms. The van der Waals surface area contributed by atoms with E-state index in [4.69, 9.17) is 34.8 Å². The quantitative estimate of drug-likeness (QED) is 0.610. The number of anilines is 1. The summed E-state index contributed by atoms with van der Waals surface area (Å²) in [6, 6.07) is 4.20. The Morgan fingerprint density at radius 1 is 1.14 bits per heavy atom. The number of hydrogen-bond donors (Lipinski definition) is 0. The molecule has 2 rings (SSSR count). The summed E-state index contributed by atoms with van der Waals surface area (Å²) >= 11 is 18.0. The van der Waals surface area contributed by atoms with Gasteiger partial charge in [0.05, 0.1) is 15.6 Å². The monoisotopic (exact) mass is 369 g/mol. The molecule has 120 valence electrons. The fourth-order valence-electron chi connectivity index (χ4n) is 2.35. The van der Waals surface area contributed by atoms with Crippen LogP contribution in [0.4, 0.5) is 18.9 Å². The Balaban J connectivity index is 2.51. The molecule has 0 aliphatic heterocycles. The number of halogens is 6. The van der Waals surface area contributed by atoms with E-state index in [1.54, 1.807) is 26.2 Å². The van der Waals surface area contributed by atoms with E-state index in [0.717, 1.165) is 6.07 Å². The van der Waals surface area contributed by atoms with Crippen molar-refractivity contribution in [3.8, 4) is 0 Å². The highest BCUT2D eigenvalue weighted by Crippen LogP contribution is 2.44. The molecule has 1 aliphatic carbocycles. The third kappa shape index (κ3) is 3.39. The largest absolute Gasteiger partial charge is 0.418 e. The summed E-state index contributed by atoms with van der Waals surface area (Å²) in [6.45, 7) is 0. The van der Waals surface area contributed by atoms with Gasteiger partial charge in [-0.25, -0.2) is 0 Å². The number of alkyl halides is 3. The third-order valence-electron chi connectivity index (χ3n) is 3.47. The van der Waals surface area contributed by atoms with Crippen molar-refractivity contribution in [2.45, 2.75) is 18.5 Å². The molecule has 1 unspecified atom stereocenters. The van der Waals surface area contributed by atoms with Gasteiger partial charge in [0, 0.05) is 30.7 Å². The molecule has 1 atom stereocenters. The van der Waals surface area contributed by atoms with Crippen LogP contribution in [0.1, 0.15) is 23.5 Å². The molecule has 1 aromatic rings. The Kier molecular flexibility index (Phi) is 5.05. The molecule has 1 aliphatic rings. The summed E-state index contributed by atoms with van der Waals surface area (Å²) in [5, 5.41) is 0.772. The summed E-state index contributed by atoms with van der Waals surface area (Å²) < 4.78 is 39.8. The van der Waals surface area contributed by atoms with Gasteiger partial charge in [0.15, 0.2) is 0 Å². The summed E-state index contributed by atoms with van der Waals surface area (Å²) in [6.07, 6.45) is -2.38. The second-order valence-electron chi connectivity index (χ2n) is 5.17. The number of nitrogens with zero attached hydrogens (tertiary/aromatic N) is 1. The maximum absolute atomic E-state index is 13.3. The van der Waals surface area contributed by atoms with Gasteiger partial charge >= 0.3 is 6.18 Å². The molecule has 22 heavy (non-hydrogen) atoms. The van der Waals surface area contributed by atoms with Crippen LogP contribution in [0.5, 0.6) is 0 Å². The topological polar surface area (TPSA) is 3.24 Å². The van der Waals surface area contributed by atoms with Gasteiger partial charge in [-0.3, -0.25) is 0 Å². The summed E-state index contributed by atoms with van der Waals surface area (Å²) in [7, 11) is 3.13. The zero-order valence-electron chi connectivity index (χ0n) is 11.8. The van der Waals surface area contributed by atoms with Crippen molar-refractivity contribution in [2.75, 3.05) is 19.0 Å². The standard InChI is InChI=1S/C15H13Cl3F3N/c1-22(2)12-6-3-8(7-10(12)15(19,20)21)9-4-5-11(16)14(18)13(9)17/h3,5-7,9H,4H2,1-2H3. The third-order valence-corrected chi connectivity index (χ3v) is 4.86. The van der Waals surface area contributed by atoms with Crippen LogP contribution in [0, 0.1) is 0 Å². The molecule has 0 heterocycles. The van der Waals surface area contributed by atoms with Gasteiger partial charge in [-0.15, -0.1) is 0 Å². The molecule has 0 N–H and O–H groups in total. The van der Waals surface area contributed by atoms with Crippen LogP contribution >= 0.6 is 34.8 Å². The molecule has 7 heteroatoms. The number of hydrogen-bond acceptors (Lipinski definition) is 1. The molecule has 0 saturated heterocycles.